The van der Waals surface area contributed by atoms with Crippen molar-refractivity contribution in [2.75, 3.05) is 0 Å². The summed E-state index contributed by atoms with van der Waals surface area (Å²) in [7, 11) is -2.87. The van der Waals surface area contributed by atoms with Gasteiger partial charge < -0.3 is 0 Å². The van der Waals surface area contributed by atoms with Gasteiger partial charge in [0.1, 0.15) is 0 Å². The molecule has 0 saturated heterocycles. The average Bonchev–Trinajstić information content (AvgIpc) is 0.811. The van der Waals surface area contributed by atoms with Crippen molar-refractivity contribution in [1.29, 1.82) is 0 Å². The van der Waals surface area contributed by atoms with Gasteiger partial charge in [-0.1, -0.05) is 0 Å². The Morgan fingerprint density at radius 3 is 1.40 bits per heavy atom. The zero-order valence-electron chi connectivity index (χ0n) is 2.16. The van der Waals surface area contributed by atoms with Crippen LogP contribution in [0.5, 0.6) is 0 Å². The molecule has 0 aliphatic rings. The lowest BCUT2D eigenvalue weighted by molar-refractivity contribution is 0.405. The van der Waals surface area contributed by atoms with Gasteiger partial charge in [-0.25, -0.2) is 0 Å². The van der Waals surface area contributed by atoms with Crippen molar-refractivity contribution in [1.82, 2.24) is 0 Å². The second-order valence-corrected chi connectivity index (χ2v) is 0.758. The van der Waals surface area contributed by atoms with Gasteiger partial charge in [0.2, 0.25) is 0 Å². The highest BCUT2D eigenvalue weighted by Gasteiger charge is 1.93. The maximum absolute atomic E-state index is 8.70. The second kappa shape index (κ2) is 3.95. The molecule has 0 aromatic rings. The fourth-order valence-electron chi connectivity index (χ4n) is 0. The van der Waals surface area contributed by atoms with E-state index in [1.807, 2.05) is 0 Å². The molecule has 0 aliphatic carbocycles. The lowest BCUT2D eigenvalue weighted by atomic mass is 15.8. The Hall–Kier alpha value is -0.0500. The monoisotopic (exact) mass is 101 g/mol. The van der Waals surface area contributed by atoms with Crippen LogP contribution < -0.4 is 0 Å². The SMILES string of the molecule is F.O=[P+](O)O. The minimum Gasteiger partial charge on any atom is -0.269 e. The first kappa shape index (κ1) is 8.87. The summed E-state index contributed by atoms with van der Waals surface area (Å²) < 4.78 is 8.70. The first-order chi connectivity index (χ1) is 1.73. The summed E-state index contributed by atoms with van der Waals surface area (Å²) >= 11 is 0. The molecule has 0 rings (SSSR count). The quantitative estimate of drug-likeness (QED) is 0.415. The zero-order chi connectivity index (χ0) is 3.58. The van der Waals surface area contributed by atoms with E-state index in [2.05, 4.69) is 0 Å². The molecule has 32 valence electrons. The van der Waals surface area contributed by atoms with Crippen molar-refractivity contribution in [3.8, 4) is 0 Å². The molecule has 0 aromatic carbocycles. The van der Waals surface area contributed by atoms with Crippen molar-refractivity contribution in [2.24, 2.45) is 0 Å². The first-order valence-electron chi connectivity index (χ1n) is 0.583. The van der Waals surface area contributed by atoms with Gasteiger partial charge in [-0.3, -0.25) is 4.70 Å². The molecule has 0 spiro atoms. The van der Waals surface area contributed by atoms with Gasteiger partial charge in [0.15, 0.2) is 0 Å². The minimum absolute atomic E-state index is 0. The standard InChI is InChI=1S/FH.HO3P/c;1-4(2)3/h1H;(H-,1,2,3)/p+1. The molecule has 0 atom stereocenters. The predicted octanol–water partition coefficient (Wildman–Crippen LogP) is -0.219. The molecular weight excluding hydrogens is 98.0 g/mol. The molecule has 5 heteroatoms. The van der Waals surface area contributed by atoms with Crippen molar-refractivity contribution in [3.05, 3.63) is 0 Å². The van der Waals surface area contributed by atoms with Gasteiger partial charge in [-0.05, 0) is 0 Å². The van der Waals surface area contributed by atoms with Gasteiger partial charge in [0.05, 0.1) is 0 Å². The summed E-state index contributed by atoms with van der Waals surface area (Å²) in [6.45, 7) is 0. The van der Waals surface area contributed by atoms with Gasteiger partial charge in [-0.2, -0.15) is 0 Å². The summed E-state index contributed by atoms with van der Waals surface area (Å²) in [5.41, 5.74) is 0. The zero-order valence-corrected chi connectivity index (χ0v) is 3.05. The normalized spacial score (nSPS) is 5.20. The third-order valence-electron chi connectivity index (χ3n) is 0. The maximum Gasteiger partial charge on any atom is 0.692 e. The molecule has 3 nitrogen and oxygen atoms in total. The number of halogens is 1. The van der Waals surface area contributed by atoms with Crippen LogP contribution >= 0.6 is 8.25 Å². The smallest absolute Gasteiger partial charge is 0.269 e. The lowest BCUT2D eigenvalue weighted by Crippen LogP contribution is -1.38. The van der Waals surface area contributed by atoms with E-state index in [1.54, 1.807) is 0 Å². The molecular formula is H3FO3P+. The Morgan fingerprint density at radius 2 is 1.40 bits per heavy atom. The molecule has 0 saturated carbocycles. The van der Waals surface area contributed by atoms with Crippen LogP contribution in [0, 0.1) is 0 Å². The topological polar surface area (TPSA) is 57.5 Å². The summed E-state index contributed by atoms with van der Waals surface area (Å²) in [4.78, 5) is 14.2. The minimum atomic E-state index is -2.87. The van der Waals surface area contributed by atoms with Gasteiger partial charge >= 0.3 is 8.25 Å². The van der Waals surface area contributed by atoms with Crippen LogP contribution in [-0.4, -0.2) is 9.79 Å². The molecule has 0 unspecified atom stereocenters. The van der Waals surface area contributed by atoms with E-state index in [0.29, 0.717) is 0 Å². The fourth-order valence-corrected chi connectivity index (χ4v) is 0. The summed E-state index contributed by atoms with van der Waals surface area (Å²) in [5, 5.41) is 0. The van der Waals surface area contributed by atoms with Crippen LogP contribution in [-0.2, 0) is 4.57 Å². The van der Waals surface area contributed by atoms with E-state index in [4.69, 9.17) is 14.4 Å². The molecule has 0 amide bonds. The number of rotatable bonds is 0. The highest BCUT2D eigenvalue weighted by molar-refractivity contribution is 7.30. The van der Waals surface area contributed by atoms with Crippen LogP contribution in [0.25, 0.3) is 0 Å². The third-order valence-corrected chi connectivity index (χ3v) is 0. The second-order valence-electron chi connectivity index (χ2n) is 0.253. The first-order valence-corrected chi connectivity index (χ1v) is 1.75. The average molecular weight is 101 g/mol. The van der Waals surface area contributed by atoms with Crippen molar-refractivity contribution in [3.63, 3.8) is 0 Å². The molecule has 0 aromatic heterocycles. The highest BCUT2D eigenvalue weighted by Crippen LogP contribution is 1.98. The van der Waals surface area contributed by atoms with E-state index in [0.717, 1.165) is 0 Å². The Bertz CT molecular complexity index is 29.9. The van der Waals surface area contributed by atoms with E-state index >= 15 is 0 Å². The van der Waals surface area contributed by atoms with Crippen molar-refractivity contribution < 1.29 is 19.1 Å². The van der Waals surface area contributed by atoms with Crippen LogP contribution in [0.2, 0.25) is 0 Å². The fraction of sp³-hybridized carbons (Fsp3) is 0. The Kier molecular flexibility index (Phi) is 7.01. The molecule has 0 aliphatic heterocycles. The predicted molar refractivity (Wildman–Crippen MR) is 14.5 cm³/mol. The van der Waals surface area contributed by atoms with Crippen molar-refractivity contribution in [2.45, 2.75) is 0 Å². The maximum atomic E-state index is 8.70. The van der Waals surface area contributed by atoms with Crippen molar-refractivity contribution >= 4 is 8.25 Å². The van der Waals surface area contributed by atoms with Gasteiger partial charge in [0.25, 0.3) is 0 Å². The van der Waals surface area contributed by atoms with Crippen LogP contribution in [0.3, 0.4) is 0 Å². The molecule has 0 fully saturated rings. The Labute approximate surface area is 28.6 Å². The van der Waals surface area contributed by atoms with E-state index in [1.165, 1.54) is 0 Å². The van der Waals surface area contributed by atoms with Crippen LogP contribution in [0.1, 0.15) is 0 Å². The Morgan fingerprint density at radius 1 is 1.40 bits per heavy atom. The van der Waals surface area contributed by atoms with Gasteiger partial charge in [-0.15, -0.1) is 9.79 Å². The summed E-state index contributed by atoms with van der Waals surface area (Å²) in [6, 6.07) is 0. The molecule has 0 radical (unpaired) electrons. The highest BCUT2D eigenvalue weighted by atomic mass is 31.1. The number of hydrogen-bond donors (Lipinski definition) is 2. The third kappa shape index (κ3) is 6010. The van der Waals surface area contributed by atoms with Gasteiger partial charge in [0, 0.05) is 4.57 Å². The lowest BCUT2D eigenvalue weighted by Gasteiger charge is -1.34. The largest absolute Gasteiger partial charge is 0.692 e. The molecule has 5 heavy (non-hydrogen) atoms. The molecule has 2 N–H and O–H groups in total. The molecule has 0 bridgehead atoms. The summed E-state index contributed by atoms with van der Waals surface area (Å²) in [5.74, 6) is 0. The summed E-state index contributed by atoms with van der Waals surface area (Å²) in [6.07, 6.45) is 0. The van der Waals surface area contributed by atoms with E-state index in [9.17, 15) is 0 Å². The van der Waals surface area contributed by atoms with Crippen LogP contribution in [0.4, 0.5) is 4.70 Å². The number of hydrogen-bond acceptors (Lipinski definition) is 1. The van der Waals surface area contributed by atoms with E-state index in [-0.39, 0.29) is 4.70 Å². The van der Waals surface area contributed by atoms with Crippen LogP contribution in [0.15, 0.2) is 0 Å². The molecule has 0 heterocycles. The van der Waals surface area contributed by atoms with E-state index < -0.39 is 8.25 Å². The Balaban J connectivity index is 0.